The summed E-state index contributed by atoms with van der Waals surface area (Å²) in [6.45, 7) is 1.58. The fourth-order valence-electron chi connectivity index (χ4n) is 3.01. The minimum atomic E-state index is -1.66. The fourth-order valence-corrected chi connectivity index (χ4v) is 3.01. The Morgan fingerprint density at radius 2 is 1.73 bits per heavy atom. The summed E-state index contributed by atoms with van der Waals surface area (Å²) in [5, 5.41) is 5.90. The summed E-state index contributed by atoms with van der Waals surface area (Å²) in [4.78, 5) is 24.8. The van der Waals surface area contributed by atoms with Gasteiger partial charge in [-0.1, -0.05) is 18.2 Å². The quantitative estimate of drug-likeness (QED) is 0.513. The van der Waals surface area contributed by atoms with Crippen molar-refractivity contribution in [2.24, 2.45) is 0 Å². The van der Waals surface area contributed by atoms with Crippen LogP contribution < -0.4 is 15.5 Å². The molecule has 3 aromatic rings. The number of carbonyl (C=O) groups is 2. The highest BCUT2D eigenvalue weighted by atomic mass is 19.2. The van der Waals surface area contributed by atoms with Gasteiger partial charge < -0.3 is 20.0 Å². The number of benzene rings is 2. The van der Waals surface area contributed by atoms with Crippen LogP contribution in [0.25, 0.3) is 11.0 Å². The average molecular weight is 420 g/mol. The van der Waals surface area contributed by atoms with Crippen LogP contribution in [-0.4, -0.2) is 32.0 Å². The molecule has 0 bridgehead atoms. The molecule has 3 N–H and O–H groups in total. The van der Waals surface area contributed by atoms with Crippen molar-refractivity contribution >= 4 is 28.5 Å². The highest BCUT2D eigenvalue weighted by Gasteiger charge is 2.20. The number of fused-ring (bicyclic) bond motifs is 1. The molecule has 2 atom stereocenters. The summed E-state index contributed by atoms with van der Waals surface area (Å²) in [7, 11) is 1.60. The number of amides is 2. The van der Waals surface area contributed by atoms with Crippen LogP contribution >= 0.6 is 0 Å². The van der Waals surface area contributed by atoms with E-state index in [0.717, 1.165) is 23.1 Å². The Morgan fingerprint density at radius 1 is 1.03 bits per heavy atom. The molecule has 9 heteroatoms. The maximum atomic E-state index is 13.6. The van der Waals surface area contributed by atoms with Gasteiger partial charge in [0.1, 0.15) is 11.3 Å². The van der Waals surface area contributed by atoms with Gasteiger partial charge in [0, 0.05) is 5.39 Å². The summed E-state index contributed by atoms with van der Waals surface area (Å²) in [5.74, 6) is -4.83. The lowest BCUT2D eigenvalue weighted by Gasteiger charge is -2.16. The maximum absolute atomic E-state index is 13.6. The van der Waals surface area contributed by atoms with Gasteiger partial charge in [0.05, 0.1) is 18.8 Å². The van der Waals surface area contributed by atoms with E-state index in [4.69, 9.17) is 4.42 Å². The molecule has 2 aromatic carbocycles. The summed E-state index contributed by atoms with van der Waals surface area (Å²) >= 11 is 0. The predicted molar refractivity (Wildman–Crippen MR) is 104 cm³/mol. The lowest BCUT2D eigenvalue weighted by molar-refractivity contribution is -0.862. The molecule has 6 nitrogen and oxygen atoms in total. The third-order valence-corrected chi connectivity index (χ3v) is 4.48. The summed E-state index contributed by atoms with van der Waals surface area (Å²) in [6, 6.07) is 10.6. The van der Waals surface area contributed by atoms with E-state index in [2.05, 4.69) is 10.6 Å². The summed E-state index contributed by atoms with van der Waals surface area (Å²) < 4.78 is 45.6. The molecule has 0 aliphatic rings. The van der Waals surface area contributed by atoms with E-state index in [1.807, 2.05) is 30.3 Å². The van der Waals surface area contributed by atoms with Gasteiger partial charge in [-0.25, -0.2) is 13.2 Å². The highest BCUT2D eigenvalue weighted by Crippen LogP contribution is 2.23. The second kappa shape index (κ2) is 9.00. The lowest BCUT2D eigenvalue weighted by atomic mass is 10.2. The number of nitrogens with one attached hydrogen (secondary N) is 3. The van der Waals surface area contributed by atoms with Gasteiger partial charge >= 0.3 is 0 Å². The number of quaternary nitrogens is 1. The molecule has 0 fully saturated rings. The Bertz CT molecular complexity index is 1050. The standard InChI is InChI=1S/C21H20F3N3O3/c1-12(17-9-13-5-3-4-6-16(13)30-17)25-18(28)10-27(2)11-19(29)26-15-8-7-14(22)20(23)21(15)24/h3-9,12H,10-11H2,1-2H3,(H,25,28)(H,26,29)/p+1/t12-/m1/s1. The maximum Gasteiger partial charge on any atom is 0.279 e. The molecule has 0 saturated carbocycles. The van der Waals surface area contributed by atoms with Gasteiger partial charge in [0.25, 0.3) is 11.8 Å². The molecule has 1 aromatic heterocycles. The van der Waals surface area contributed by atoms with E-state index in [1.165, 1.54) is 0 Å². The first kappa shape index (κ1) is 21.4. The summed E-state index contributed by atoms with van der Waals surface area (Å²) in [5.41, 5.74) is 0.257. The Labute approximate surface area is 170 Å². The molecule has 0 aliphatic heterocycles. The van der Waals surface area contributed by atoms with Crippen molar-refractivity contribution in [2.45, 2.75) is 13.0 Å². The van der Waals surface area contributed by atoms with Crippen molar-refractivity contribution in [3.63, 3.8) is 0 Å². The molecular weight excluding hydrogens is 399 g/mol. The monoisotopic (exact) mass is 420 g/mol. The number of furan rings is 1. The molecule has 3 rings (SSSR count). The number of anilines is 1. The zero-order chi connectivity index (χ0) is 21.8. The molecule has 0 spiro atoms. The zero-order valence-corrected chi connectivity index (χ0v) is 16.4. The van der Waals surface area contributed by atoms with Gasteiger partial charge in [-0.05, 0) is 31.2 Å². The third-order valence-electron chi connectivity index (χ3n) is 4.48. The number of para-hydroxylation sites is 1. The largest absolute Gasteiger partial charge is 0.459 e. The molecular formula is C21H21F3N3O3+. The normalized spacial score (nSPS) is 13.1. The zero-order valence-electron chi connectivity index (χ0n) is 16.4. The highest BCUT2D eigenvalue weighted by molar-refractivity contribution is 5.91. The molecule has 0 saturated heterocycles. The predicted octanol–water partition coefficient (Wildman–Crippen LogP) is 2.18. The van der Waals surface area contributed by atoms with Gasteiger partial charge in [-0.15, -0.1) is 0 Å². The third kappa shape index (κ3) is 4.98. The van der Waals surface area contributed by atoms with E-state index in [9.17, 15) is 22.8 Å². The number of rotatable bonds is 7. The fraction of sp³-hybridized carbons (Fsp3) is 0.238. The number of likely N-dealkylation sites (N-methyl/N-ethyl adjacent to an activating group) is 1. The number of halogens is 3. The minimum absolute atomic E-state index is 0.0295. The van der Waals surface area contributed by atoms with Gasteiger partial charge in [0.15, 0.2) is 30.5 Å². The topological polar surface area (TPSA) is 75.8 Å². The van der Waals surface area contributed by atoms with Crippen LogP contribution in [0.15, 0.2) is 46.9 Å². The Balaban J connectivity index is 1.51. The molecule has 1 heterocycles. The Kier molecular flexibility index (Phi) is 6.41. The molecule has 0 radical (unpaired) electrons. The first-order chi connectivity index (χ1) is 14.2. The van der Waals surface area contributed by atoms with Crippen molar-refractivity contribution in [3.05, 3.63) is 65.7 Å². The van der Waals surface area contributed by atoms with Crippen LogP contribution in [0.3, 0.4) is 0 Å². The van der Waals surface area contributed by atoms with Crippen LogP contribution in [0.1, 0.15) is 18.7 Å². The van der Waals surface area contributed by atoms with Crippen molar-refractivity contribution in [2.75, 3.05) is 25.5 Å². The van der Waals surface area contributed by atoms with Crippen LogP contribution in [0.2, 0.25) is 0 Å². The smallest absolute Gasteiger partial charge is 0.279 e. The Morgan fingerprint density at radius 3 is 2.47 bits per heavy atom. The second-order valence-corrected chi connectivity index (χ2v) is 7.06. The van der Waals surface area contributed by atoms with Crippen LogP contribution in [0, 0.1) is 17.5 Å². The first-order valence-corrected chi connectivity index (χ1v) is 9.27. The van der Waals surface area contributed by atoms with Gasteiger partial charge in [-0.3, -0.25) is 9.59 Å². The van der Waals surface area contributed by atoms with Crippen LogP contribution in [-0.2, 0) is 9.59 Å². The van der Waals surface area contributed by atoms with Crippen molar-refractivity contribution < 1.29 is 32.1 Å². The van der Waals surface area contributed by atoms with E-state index < -0.39 is 29.0 Å². The second-order valence-electron chi connectivity index (χ2n) is 7.06. The van der Waals surface area contributed by atoms with Crippen molar-refractivity contribution in [3.8, 4) is 0 Å². The van der Waals surface area contributed by atoms with Crippen LogP contribution in [0.4, 0.5) is 18.9 Å². The Hall–Kier alpha value is -3.33. The minimum Gasteiger partial charge on any atom is -0.459 e. The molecule has 2 amide bonds. The lowest BCUT2D eigenvalue weighted by Crippen LogP contribution is -3.11. The SMILES string of the molecule is C[C@@H](NC(=O)C[NH+](C)CC(=O)Nc1ccc(F)c(F)c1F)c1cc2ccccc2o1. The van der Waals surface area contributed by atoms with E-state index in [0.29, 0.717) is 10.7 Å². The van der Waals surface area contributed by atoms with Crippen LogP contribution in [0.5, 0.6) is 0 Å². The molecule has 0 aliphatic carbocycles. The molecule has 158 valence electrons. The number of hydrogen-bond acceptors (Lipinski definition) is 3. The molecule has 30 heavy (non-hydrogen) atoms. The number of hydrogen-bond donors (Lipinski definition) is 3. The van der Waals surface area contributed by atoms with E-state index in [-0.39, 0.29) is 25.0 Å². The number of carbonyl (C=O) groups excluding carboxylic acids is 2. The van der Waals surface area contributed by atoms with E-state index >= 15 is 0 Å². The van der Waals surface area contributed by atoms with Crippen molar-refractivity contribution in [1.82, 2.24) is 5.32 Å². The van der Waals surface area contributed by atoms with Gasteiger partial charge in [-0.2, -0.15) is 0 Å². The summed E-state index contributed by atoms with van der Waals surface area (Å²) in [6.07, 6.45) is 0. The average Bonchev–Trinajstić information content (AvgIpc) is 3.12. The molecule has 1 unspecified atom stereocenters. The van der Waals surface area contributed by atoms with Gasteiger partial charge in [0.2, 0.25) is 0 Å². The van der Waals surface area contributed by atoms with E-state index in [1.54, 1.807) is 14.0 Å². The van der Waals surface area contributed by atoms with Crippen molar-refractivity contribution in [1.29, 1.82) is 0 Å². The first-order valence-electron chi connectivity index (χ1n) is 9.27.